The molecule has 0 bridgehead atoms. The number of carbonyl (C=O) groups excluding carboxylic acids is 2. The zero-order valence-electron chi connectivity index (χ0n) is 9.59. The van der Waals surface area contributed by atoms with Crippen LogP contribution in [0.1, 0.15) is 31.8 Å². The van der Waals surface area contributed by atoms with E-state index in [0.717, 1.165) is 0 Å². The molecule has 0 heterocycles. The van der Waals surface area contributed by atoms with E-state index in [4.69, 9.17) is 0 Å². The smallest absolute Gasteiger partial charge is 0.194 e. The summed E-state index contributed by atoms with van der Waals surface area (Å²) in [5.41, 5.74) is 2.02. The lowest BCUT2D eigenvalue weighted by Crippen LogP contribution is -2.20. The van der Waals surface area contributed by atoms with Crippen LogP contribution in [-0.4, -0.2) is 11.6 Å². The molecule has 0 fully saturated rings. The molecule has 0 radical (unpaired) electrons. The third kappa shape index (κ3) is 1.73. The average Bonchev–Trinajstić information content (AvgIpc) is 2.47. The van der Waals surface area contributed by atoms with Crippen molar-refractivity contribution in [2.24, 2.45) is 11.7 Å². The van der Waals surface area contributed by atoms with E-state index >= 15 is 0 Å². The van der Waals surface area contributed by atoms with Crippen LogP contribution in [0.4, 0.5) is 0 Å². The van der Waals surface area contributed by atoms with E-state index in [2.05, 4.69) is 11.7 Å². The molecule has 3 rings (SSSR count). The number of hydrogen-bond acceptors (Lipinski definition) is 4. The lowest BCUT2D eigenvalue weighted by Gasteiger charge is -2.16. The SMILES string of the molecule is NN.O=C1c2ccccc2C(=O)c2ccccc21. The van der Waals surface area contributed by atoms with Gasteiger partial charge in [-0.05, 0) is 0 Å². The summed E-state index contributed by atoms with van der Waals surface area (Å²) < 4.78 is 0. The molecular weight excluding hydrogens is 228 g/mol. The van der Waals surface area contributed by atoms with Crippen LogP contribution >= 0.6 is 0 Å². The largest absolute Gasteiger partial charge is 0.289 e. The average molecular weight is 240 g/mol. The number of carbonyl (C=O) groups is 2. The summed E-state index contributed by atoms with van der Waals surface area (Å²) in [6.45, 7) is 0. The van der Waals surface area contributed by atoms with Crippen molar-refractivity contribution >= 4 is 11.6 Å². The van der Waals surface area contributed by atoms with Crippen LogP contribution in [0.3, 0.4) is 0 Å². The number of benzene rings is 2. The Hall–Kier alpha value is -2.30. The van der Waals surface area contributed by atoms with Gasteiger partial charge in [0.05, 0.1) is 0 Å². The van der Waals surface area contributed by atoms with Crippen LogP contribution in [-0.2, 0) is 0 Å². The first-order chi connectivity index (χ1) is 8.79. The van der Waals surface area contributed by atoms with Crippen LogP contribution in [0.15, 0.2) is 48.5 Å². The van der Waals surface area contributed by atoms with Gasteiger partial charge in [0.2, 0.25) is 0 Å². The van der Waals surface area contributed by atoms with Gasteiger partial charge < -0.3 is 0 Å². The Morgan fingerprint density at radius 2 is 0.778 bits per heavy atom. The Balaban J connectivity index is 0.000000574. The van der Waals surface area contributed by atoms with Gasteiger partial charge in [-0.15, -0.1) is 0 Å². The van der Waals surface area contributed by atoms with E-state index in [-0.39, 0.29) is 11.6 Å². The molecule has 18 heavy (non-hydrogen) atoms. The maximum Gasteiger partial charge on any atom is 0.194 e. The molecule has 0 atom stereocenters. The summed E-state index contributed by atoms with van der Waals surface area (Å²) in [5, 5.41) is 0. The quantitative estimate of drug-likeness (QED) is 0.458. The molecule has 0 saturated carbocycles. The minimum absolute atomic E-state index is 0.0641. The highest BCUT2D eigenvalue weighted by atomic mass is 16.1. The molecule has 0 aliphatic heterocycles. The molecule has 0 amide bonds. The van der Waals surface area contributed by atoms with E-state index in [1.807, 2.05) is 0 Å². The fourth-order valence-electron chi connectivity index (χ4n) is 2.05. The van der Waals surface area contributed by atoms with Crippen molar-refractivity contribution in [2.75, 3.05) is 0 Å². The summed E-state index contributed by atoms with van der Waals surface area (Å²) in [5.74, 6) is 7.87. The van der Waals surface area contributed by atoms with Crippen molar-refractivity contribution < 1.29 is 9.59 Å². The van der Waals surface area contributed by atoms with Gasteiger partial charge in [0.1, 0.15) is 0 Å². The summed E-state index contributed by atoms with van der Waals surface area (Å²) in [6.07, 6.45) is 0. The highest BCUT2D eigenvalue weighted by Crippen LogP contribution is 2.26. The van der Waals surface area contributed by atoms with Gasteiger partial charge in [-0.3, -0.25) is 21.3 Å². The van der Waals surface area contributed by atoms with E-state index < -0.39 is 0 Å². The molecule has 0 saturated heterocycles. The predicted molar refractivity (Wildman–Crippen MR) is 68.1 cm³/mol. The lowest BCUT2D eigenvalue weighted by atomic mass is 9.84. The molecule has 0 aromatic heterocycles. The Bertz CT molecular complexity index is 515. The fraction of sp³-hybridized carbons (Fsp3) is 0. The number of rotatable bonds is 0. The second-order valence-electron chi connectivity index (χ2n) is 3.75. The normalized spacial score (nSPS) is 12.1. The molecule has 1 aliphatic rings. The number of ketones is 2. The number of nitrogens with two attached hydrogens (primary N) is 2. The minimum atomic E-state index is -0.0641. The molecule has 0 spiro atoms. The Labute approximate surface area is 104 Å². The summed E-state index contributed by atoms with van der Waals surface area (Å²) in [6, 6.07) is 13.9. The first kappa shape index (κ1) is 12.2. The molecule has 0 unspecified atom stereocenters. The van der Waals surface area contributed by atoms with Crippen LogP contribution in [0.25, 0.3) is 0 Å². The zero-order valence-corrected chi connectivity index (χ0v) is 9.59. The topological polar surface area (TPSA) is 86.2 Å². The first-order valence-electron chi connectivity index (χ1n) is 5.40. The maximum absolute atomic E-state index is 12.1. The second kappa shape index (κ2) is 4.91. The van der Waals surface area contributed by atoms with Gasteiger partial charge in [0, 0.05) is 22.3 Å². The van der Waals surface area contributed by atoms with Crippen LogP contribution < -0.4 is 11.7 Å². The second-order valence-corrected chi connectivity index (χ2v) is 3.75. The Kier molecular flexibility index (Phi) is 3.32. The first-order valence-corrected chi connectivity index (χ1v) is 5.40. The highest BCUT2D eigenvalue weighted by Gasteiger charge is 2.28. The van der Waals surface area contributed by atoms with E-state index in [9.17, 15) is 9.59 Å². The monoisotopic (exact) mass is 240 g/mol. The van der Waals surface area contributed by atoms with E-state index in [0.29, 0.717) is 22.3 Å². The van der Waals surface area contributed by atoms with Crippen LogP contribution in [0.5, 0.6) is 0 Å². The molecule has 4 nitrogen and oxygen atoms in total. The summed E-state index contributed by atoms with van der Waals surface area (Å²) >= 11 is 0. The molecule has 2 aromatic carbocycles. The van der Waals surface area contributed by atoms with Crippen molar-refractivity contribution in [2.45, 2.75) is 0 Å². The van der Waals surface area contributed by atoms with Gasteiger partial charge >= 0.3 is 0 Å². The van der Waals surface area contributed by atoms with Gasteiger partial charge in [0.25, 0.3) is 0 Å². The number of hydrogen-bond donors (Lipinski definition) is 2. The Morgan fingerprint density at radius 3 is 1.00 bits per heavy atom. The van der Waals surface area contributed by atoms with Gasteiger partial charge in [-0.25, -0.2) is 0 Å². The summed E-state index contributed by atoms with van der Waals surface area (Å²) in [7, 11) is 0. The van der Waals surface area contributed by atoms with Gasteiger partial charge in [0.15, 0.2) is 11.6 Å². The molecule has 4 N–H and O–H groups in total. The molecule has 2 aromatic rings. The van der Waals surface area contributed by atoms with Crippen LogP contribution in [0.2, 0.25) is 0 Å². The van der Waals surface area contributed by atoms with Crippen LogP contribution in [0, 0.1) is 0 Å². The van der Waals surface area contributed by atoms with E-state index in [1.54, 1.807) is 48.5 Å². The predicted octanol–water partition coefficient (Wildman–Crippen LogP) is 1.28. The summed E-state index contributed by atoms with van der Waals surface area (Å²) in [4.78, 5) is 24.2. The standard InChI is InChI=1S/C14H8O2.H4N2/c15-13-9-5-1-2-6-10(9)14(16)12-8-4-3-7-11(12)13;1-2/h1-8H;1-2H2. The molecule has 90 valence electrons. The third-order valence-electron chi connectivity index (χ3n) is 2.83. The number of fused-ring (bicyclic) bond motifs is 2. The number of hydrazine groups is 1. The van der Waals surface area contributed by atoms with Crippen molar-refractivity contribution in [1.82, 2.24) is 0 Å². The maximum atomic E-state index is 12.1. The van der Waals surface area contributed by atoms with Gasteiger partial charge in [-0.2, -0.15) is 0 Å². The molecular formula is C14H12N2O2. The van der Waals surface area contributed by atoms with Crippen molar-refractivity contribution in [3.8, 4) is 0 Å². The Morgan fingerprint density at radius 1 is 0.556 bits per heavy atom. The molecule has 1 aliphatic carbocycles. The highest BCUT2D eigenvalue weighted by molar-refractivity contribution is 6.28. The lowest BCUT2D eigenvalue weighted by molar-refractivity contribution is 0.0979. The van der Waals surface area contributed by atoms with Crippen molar-refractivity contribution in [3.05, 3.63) is 70.8 Å². The minimum Gasteiger partial charge on any atom is -0.289 e. The van der Waals surface area contributed by atoms with E-state index in [1.165, 1.54) is 0 Å². The van der Waals surface area contributed by atoms with Crippen molar-refractivity contribution in [3.63, 3.8) is 0 Å². The third-order valence-corrected chi connectivity index (χ3v) is 2.83. The zero-order chi connectivity index (χ0) is 13.1. The molecule has 4 heteroatoms. The van der Waals surface area contributed by atoms with Gasteiger partial charge in [-0.1, -0.05) is 48.5 Å². The van der Waals surface area contributed by atoms with Crippen molar-refractivity contribution in [1.29, 1.82) is 0 Å². The fourth-order valence-corrected chi connectivity index (χ4v) is 2.05.